The molecule has 0 aromatic heterocycles. The Bertz CT molecular complexity index is 266. The third kappa shape index (κ3) is 2.23. The van der Waals surface area contributed by atoms with E-state index in [0.717, 1.165) is 25.7 Å². The summed E-state index contributed by atoms with van der Waals surface area (Å²) < 4.78 is 5.12. The zero-order chi connectivity index (χ0) is 11.6. The van der Waals surface area contributed by atoms with Gasteiger partial charge in [0.25, 0.3) is 0 Å². The summed E-state index contributed by atoms with van der Waals surface area (Å²) in [4.78, 5) is 11.8. The van der Waals surface area contributed by atoms with Gasteiger partial charge in [0.2, 0.25) is 5.91 Å². The minimum atomic E-state index is -0.445. The Morgan fingerprint density at radius 2 is 2.25 bits per heavy atom. The van der Waals surface area contributed by atoms with Crippen molar-refractivity contribution < 1.29 is 9.53 Å². The number of carbonyl (C=O) groups excluding carboxylic acids is 1. The van der Waals surface area contributed by atoms with Crippen molar-refractivity contribution >= 4 is 5.91 Å². The lowest BCUT2D eigenvalue weighted by Crippen LogP contribution is -2.58. The van der Waals surface area contributed by atoms with E-state index >= 15 is 0 Å². The van der Waals surface area contributed by atoms with E-state index in [9.17, 15) is 4.79 Å². The average molecular weight is 226 g/mol. The SMILES string of the molecule is COCCC1CCCC1(NC1CC1)C(N)=O. The molecule has 0 spiro atoms. The lowest BCUT2D eigenvalue weighted by Gasteiger charge is -2.33. The molecule has 0 radical (unpaired) electrons. The molecule has 4 heteroatoms. The number of hydrogen-bond acceptors (Lipinski definition) is 3. The molecular formula is C12H22N2O2. The molecule has 92 valence electrons. The second kappa shape index (κ2) is 4.72. The van der Waals surface area contributed by atoms with Crippen molar-refractivity contribution in [3.05, 3.63) is 0 Å². The molecule has 2 saturated carbocycles. The van der Waals surface area contributed by atoms with Crippen LogP contribution in [0.25, 0.3) is 0 Å². The number of ether oxygens (including phenoxy) is 1. The third-order valence-corrected chi connectivity index (χ3v) is 3.97. The fraction of sp³-hybridized carbons (Fsp3) is 0.917. The first-order chi connectivity index (χ1) is 7.69. The van der Waals surface area contributed by atoms with Crippen LogP contribution in [0.2, 0.25) is 0 Å². The molecule has 1 amide bonds. The van der Waals surface area contributed by atoms with E-state index < -0.39 is 5.54 Å². The Kier molecular flexibility index (Phi) is 3.50. The predicted octanol–water partition coefficient (Wildman–Crippen LogP) is 0.799. The van der Waals surface area contributed by atoms with Gasteiger partial charge in [0.1, 0.15) is 5.54 Å². The van der Waals surface area contributed by atoms with Gasteiger partial charge in [0, 0.05) is 19.8 Å². The van der Waals surface area contributed by atoms with Gasteiger partial charge in [-0.15, -0.1) is 0 Å². The molecule has 0 aromatic rings. The number of rotatable bonds is 6. The van der Waals surface area contributed by atoms with Gasteiger partial charge in [0.15, 0.2) is 0 Å². The highest BCUT2D eigenvalue weighted by Crippen LogP contribution is 2.40. The van der Waals surface area contributed by atoms with E-state index in [1.807, 2.05) is 0 Å². The second-order valence-corrected chi connectivity index (χ2v) is 5.12. The molecule has 2 aliphatic carbocycles. The molecule has 2 atom stereocenters. The predicted molar refractivity (Wildman–Crippen MR) is 61.9 cm³/mol. The van der Waals surface area contributed by atoms with Crippen molar-refractivity contribution in [2.24, 2.45) is 11.7 Å². The zero-order valence-electron chi connectivity index (χ0n) is 10.00. The van der Waals surface area contributed by atoms with Gasteiger partial charge in [-0.3, -0.25) is 4.79 Å². The number of carbonyl (C=O) groups is 1. The van der Waals surface area contributed by atoms with Gasteiger partial charge < -0.3 is 15.8 Å². The summed E-state index contributed by atoms with van der Waals surface area (Å²) in [5.41, 5.74) is 5.18. The van der Waals surface area contributed by atoms with Crippen LogP contribution in [0.15, 0.2) is 0 Å². The molecule has 2 fully saturated rings. The van der Waals surface area contributed by atoms with Crippen molar-refractivity contribution in [1.29, 1.82) is 0 Å². The molecule has 0 aliphatic heterocycles. The number of amides is 1. The van der Waals surface area contributed by atoms with Crippen LogP contribution in [0, 0.1) is 5.92 Å². The van der Waals surface area contributed by atoms with Crippen LogP contribution in [0.5, 0.6) is 0 Å². The van der Waals surface area contributed by atoms with Crippen molar-refractivity contribution in [3.63, 3.8) is 0 Å². The topological polar surface area (TPSA) is 64.3 Å². The minimum Gasteiger partial charge on any atom is -0.385 e. The van der Waals surface area contributed by atoms with Crippen LogP contribution in [0.1, 0.15) is 38.5 Å². The summed E-state index contributed by atoms with van der Waals surface area (Å²) in [7, 11) is 1.70. The van der Waals surface area contributed by atoms with Crippen LogP contribution >= 0.6 is 0 Å². The molecule has 0 aromatic carbocycles. The standard InChI is InChI=1S/C12H22N2O2/c1-16-8-6-9-3-2-7-12(9,11(13)15)14-10-4-5-10/h9-10,14H,2-8H2,1H3,(H2,13,15). The maximum atomic E-state index is 11.8. The largest absolute Gasteiger partial charge is 0.385 e. The van der Waals surface area contributed by atoms with E-state index in [1.54, 1.807) is 7.11 Å². The van der Waals surface area contributed by atoms with Crippen LogP contribution in [0.4, 0.5) is 0 Å². The number of primary amides is 1. The maximum absolute atomic E-state index is 11.8. The summed E-state index contributed by atoms with van der Waals surface area (Å²) in [6.45, 7) is 0.714. The van der Waals surface area contributed by atoms with Crippen molar-refractivity contribution in [2.75, 3.05) is 13.7 Å². The van der Waals surface area contributed by atoms with Gasteiger partial charge in [0.05, 0.1) is 0 Å². The molecule has 2 unspecified atom stereocenters. The lowest BCUT2D eigenvalue weighted by atomic mass is 9.84. The normalized spacial score (nSPS) is 34.2. The van der Waals surface area contributed by atoms with Gasteiger partial charge >= 0.3 is 0 Å². The van der Waals surface area contributed by atoms with Gasteiger partial charge in [-0.25, -0.2) is 0 Å². The fourth-order valence-corrected chi connectivity index (χ4v) is 2.91. The molecule has 4 nitrogen and oxygen atoms in total. The van der Waals surface area contributed by atoms with E-state index in [1.165, 1.54) is 12.8 Å². The Balaban J connectivity index is 2.05. The second-order valence-electron chi connectivity index (χ2n) is 5.12. The summed E-state index contributed by atoms with van der Waals surface area (Å²) >= 11 is 0. The number of nitrogens with one attached hydrogen (secondary N) is 1. The van der Waals surface area contributed by atoms with Crippen molar-refractivity contribution in [1.82, 2.24) is 5.32 Å². The fourth-order valence-electron chi connectivity index (χ4n) is 2.91. The summed E-state index contributed by atoms with van der Waals surface area (Å²) in [5, 5.41) is 3.49. The van der Waals surface area contributed by atoms with E-state index in [4.69, 9.17) is 10.5 Å². The molecule has 2 rings (SSSR count). The summed E-state index contributed by atoms with van der Waals surface area (Å²) in [6, 6.07) is 0.524. The molecule has 0 heterocycles. The van der Waals surface area contributed by atoms with Gasteiger partial charge in [-0.1, -0.05) is 6.42 Å². The van der Waals surface area contributed by atoms with Gasteiger partial charge in [-0.05, 0) is 38.0 Å². The quantitative estimate of drug-likeness (QED) is 0.704. The molecule has 0 bridgehead atoms. The van der Waals surface area contributed by atoms with E-state index in [2.05, 4.69) is 5.32 Å². The van der Waals surface area contributed by atoms with Crippen LogP contribution in [-0.4, -0.2) is 31.2 Å². The van der Waals surface area contributed by atoms with Crippen molar-refractivity contribution in [3.8, 4) is 0 Å². The molecular weight excluding hydrogens is 204 g/mol. The highest BCUT2D eigenvalue weighted by Gasteiger charge is 2.49. The number of nitrogens with two attached hydrogens (primary N) is 1. The highest BCUT2D eigenvalue weighted by molar-refractivity contribution is 5.85. The van der Waals surface area contributed by atoms with E-state index in [0.29, 0.717) is 18.6 Å². The highest BCUT2D eigenvalue weighted by atomic mass is 16.5. The molecule has 3 N–H and O–H groups in total. The van der Waals surface area contributed by atoms with Gasteiger partial charge in [-0.2, -0.15) is 0 Å². The van der Waals surface area contributed by atoms with Crippen LogP contribution in [-0.2, 0) is 9.53 Å². The average Bonchev–Trinajstić information content (AvgIpc) is 2.95. The Hall–Kier alpha value is -0.610. The monoisotopic (exact) mass is 226 g/mol. The van der Waals surface area contributed by atoms with Crippen LogP contribution in [0.3, 0.4) is 0 Å². The Morgan fingerprint density at radius 3 is 2.81 bits per heavy atom. The molecule has 2 aliphatic rings. The molecule has 16 heavy (non-hydrogen) atoms. The maximum Gasteiger partial charge on any atom is 0.238 e. The minimum absolute atomic E-state index is 0.169. The first kappa shape index (κ1) is 11.9. The first-order valence-electron chi connectivity index (χ1n) is 6.25. The summed E-state index contributed by atoms with van der Waals surface area (Å²) in [6.07, 6.45) is 6.38. The zero-order valence-corrected chi connectivity index (χ0v) is 10.00. The first-order valence-corrected chi connectivity index (χ1v) is 6.25. The number of methoxy groups -OCH3 is 1. The Labute approximate surface area is 96.9 Å². The summed E-state index contributed by atoms with van der Waals surface area (Å²) in [5.74, 6) is 0.184. The third-order valence-electron chi connectivity index (χ3n) is 3.97. The smallest absolute Gasteiger partial charge is 0.238 e. The molecule has 0 saturated heterocycles. The van der Waals surface area contributed by atoms with Crippen molar-refractivity contribution in [2.45, 2.75) is 50.1 Å². The van der Waals surface area contributed by atoms with Crippen LogP contribution < -0.4 is 11.1 Å². The lowest BCUT2D eigenvalue weighted by molar-refractivity contribution is -0.126. The number of hydrogen-bond donors (Lipinski definition) is 2. The Morgan fingerprint density at radius 1 is 1.50 bits per heavy atom. The van der Waals surface area contributed by atoms with E-state index in [-0.39, 0.29) is 5.91 Å².